The summed E-state index contributed by atoms with van der Waals surface area (Å²) in [6.07, 6.45) is 0.223. The van der Waals surface area contributed by atoms with Crippen molar-refractivity contribution in [2.45, 2.75) is 44.3 Å². The molecule has 0 radical (unpaired) electrons. The van der Waals surface area contributed by atoms with Crippen molar-refractivity contribution in [1.29, 1.82) is 0 Å². The number of nitrogens with zero attached hydrogens (tertiary/aromatic N) is 2. The fourth-order valence-corrected chi connectivity index (χ4v) is 2.27. The zero-order valence-corrected chi connectivity index (χ0v) is 9.80. The zero-order chi connectivity index (χ0) is 12.8. The molecule has 1 heterocycles. The number of alkyl halides is 3. The van der Waals surface area contributed by atoms with Crippen LogP contribution in [0.1, 0.15) is 30.5 Å². The van der Waals surface area contributed by atoms with Crippen LogP contribution in [0, 0.1) is 5.92 Å². The van der Waals surface area contributed by atoms with Gasteiger partial charge < -0.3 is 5.32 Å². The van der Waals surface area contributed by atoms with Crippen molar-refractivity contribution >= 4 is 5.95 Å². The molecule has 0 aliphatic heterocycles. The molecule has 18 heavy (non-hydrogen) atoms. The lowest BCUT2D eigenvalue weighted by atomic mass is 9.87. The Balaban J connectivity index is 1.76. The van der Waals surface area contributed by atoms with Crippen LogP contribution in [-0.2, 0) is 12.8 Å². The van der Waals surface area contributed by atoms with Gasteiger partial charge in [-0.15, -0.1) is 0 Å². The second-order valence-electron chi connectivity index (χ2n) is 5.07. The molecule has 1 fully saturated rings. The molecule has 0 saturated heterocycles. The first-order valence-corrected chi connectivity index (χ1v) is 6.20. The second-order valence-corrected chi connectivity index (χ2v) is 5.07. The van der Waals surface area contributed by atoms with Crippen LogP contribution in [0.15, 0.2) is 6.20 Å². The molecule has 3 nitrogen and oxygen atoms in total. The van der Waals surface area contributed by atoms with Gasteiger partial charge >= 0.3 is 6.18 Å². The van der Waals surface area contributed by atoms with E-state index in [-0.39, 0.29) is 12.8 Å². The molecular weight excluding hydrogens is 243 g/mol. The number of fused-ring (bicyclic) bond motifs is 1. The van der Waals surface area contributed by atoms with Gasteiger partial charge in [-0.1, -0.05) is 0 Å². The third kappa shape index (κ3) is 2.42. The molecule has 2 aliphatic rings. The fraction of sp³-hybridized carbons (Fsp3) is 0.667. The molecule has 1 unspecified atom stereocenters. The van der Waals surface area contributed by atoms with Gasteiger partial charge in [0, 0.05) is 17.9 Å². The molecule has 1 saturated carbocycles. The first kappa shape index (κ1) is 11.7. The number of hydrogen-bond donors (Lipinski definition) is 1. The molecule has 1 aromatic rings. The maximum Gasteiger partial charge on any atom is 0.392 e. The minimum Gasteiger partial charge on any atom is -0.351 e. The van der Waals surface area contributed by atoms with E-state index < -0.39 is 12.1 Å². The Morgan fingerprint density at radius 3 is 2.67 bits per heavy atom. The van der Waals surface area contributed by atoms with Crippen LogP contribution in [-0.4, -0.2) is 22.2 Å². The van der Waals surface area contributed by atoms with E-state index in [4.69, 9.17) is 0 Å². The quantitative estimate of drug-likeness (QED) is 0.885. The van der Waals surface area contributed by atoms with Gasteiger partial charge in [0.1, 0.15) is 0 Å². The van der Waals surface area contributed by atoms with E-state index in [0.29, 0.717) is 24.0 Å². The van der Waals surface area contributed by atoms with Crippen molar-refractivity contribution < 1.29 is 13.2 Å². The smallest absolute Gasteiger partial charge is 0.351 e. The van der Waals surface area contributed by atoms with E-state index in [0.717, 1.165) is 18.5 Å². The predicted octanol–water partition coefficient (Wildman–Crippen LogP) is 2.72. The lowest BCUT2D eigenvalue weighted by Crippen LogP contribution is -2.29. The highest BCUT2D eigenvalue weighted by Crippen LogP contribution is 2.36. The van der Waals surface area contributed by atoms with Crippen LogP contribution in [0.5, 0.6) is 0 Å². The normalized spacial score (nSPS) is 23.6. The number of nitrogens with one attached hydrogen (secondary N) is 1. The Morgan fingerprint density at radius 2 is 2.00 bits per heavy atom. The van der Waals surface area contributed by atoms with Gasteiger partial charge in [0.05, 0.1) is 5.92 Å². The molecule has 1 atom stereocenters. The van der Waals surface area contributed by atoms with Crippen molar-refractivity contribution in [2.24, 2.45) is 5.92 Å². The van der Waals surface area contributed by atoms with E-state index in [1.54, 1.807) is 6.20 Å². The van der Waals surface area contributed by atoms with Gasteiger partial charge in [-0.25, -0.2) is 9.97 Å². The zero-order valence-electron chi connectivity index (χ0n) is 9.80. The summed E-state index contributed by atoms with van der Waals surface area (Å²) in [5.74, 6) is -0.683. The van der Waals surface area contributed by atoms with Crippen LogP contribution < -0.4 is 5.32 Å². The largest absolute Gasteiger partial charge is 0.392 e. The molecule has 0 aromatic carbocycles. The Hall–Kier alpha value is -1.33. The Morgan fingerprint density at radius 1 is 1.22 bits per heavy atom. The van der Waals surface area contributed by atoms with Gasteiger partial charge in [0.25, 0.3) is 0 Å². The molecule has 98 valence electrons. The van der Waals surface area contributed by atoms with Crippen molar-refractivity contribution in [2.75, 3.05) is 5.32 Å². The van der Waals surface area contributed by atoms with Gasteiger partial charge in [0.2, 0.25) is 5.95 Å². The summed E-state index contributed by atoms with van der Waals surface area (Å²) in [4.78, 5) is 8.42. The van der Waals surface area contributed by atoms with Crippen LogP contribution in [0.4, 0.5) is 19.1 Å². The van der Waals surface area contributed by atoms with Crippen molar-refractivity contribution in [3.05, 3.63) is 17.5 Å². The molecule has 1 aromatic heterocycles. The summed E-state index contributed by atoms with van der Waals surface area (Å²) in [6, 6.07) is 0.453. The van der Waals surface area contributed by atoms with Gasteiger partial charge in [0.15, 0.2) is 0 Å². The molecule has 3 rings (SSSR count). The molecule has 0 bridgehead atoms. The third-order valence-corrected chi connectivity index (χ3v) is 3.52. The average molecular weight is 257 g/mol. The standard InChI is InChI=1S/C12H14F3N3/c13-12(14,15)8-1-4-10-7(5-8)6-16-11(18-10)17-9-2-3-9/h6,8-9H,1-5H2,(H,16,17,18). The molecule has 0 amide bonds. The van der Waals surface area contributed by atoms with Gasteiger partial charge in [-0.3, -0.25) is 0 Å². The first-order valence-electron chi connectivity index (χ1n) is 6.20. The van der Waals surface area contributed by atoms with E-state index in [2.05, 4.69) is 15.3 Å². The number of hydrogen-bond acceptors (Lipinski definition) is 3. The Kier molecular flexibility index (Phi) is 2.68. The predicted molar refractivity (Wildman–Crippen MR) is 60.2 cm³/mol. The molecule has 0 spiro atoms. The number of halogens is 3. The summed E-state index contributed by atoms with van der Waals surface area (Å²) in [5, 5.41) is 3.16. The Bertz CT molecular complexity index is 454. The summed E-state index contributed by atoms with van der Waals surface area (Å²) < 4.78 is 37.9. The summed E-state index contributed by atoms with van der Waals surface area (Å²) in [7, 11) is 0. The maximum absolute atomic E-state index is 12.6. The average Bonchev–Trinajstić information content (AvgIpc) is 3.11. The number of rotatable bonds is 2. The lowest BCUT2D eigenvalue weighted by Gasteiger charge is -2.25. The van der Waals surface area contributed by atoms with Gasteiger partial charge in [-0.05, 0) is 37.7 Å². The number of aryl methyl sites for hydroxylation is 1. The monoisotopic (exact) mass is 257 g/mol. The van der Waals surface area contributed by atoms with E-state index in [1.165, 1.54) is 0 Å². The first-order chi connectivity index (χ1) is 8.52. The van der Waals surface area contributed by atoms with E-state index >= 15 is 0 Å². The minimum atomic E-state index is -4.11. The molecule has 1 N–H and O–H groups in total. The summed E-state index contributed by atoms with van der Waals surface area (Å²) in [6.45, 7) is 0. The molecule has 2 aliphatic carbocycles. The van der Waals surface area contributed by atoms with E-state index in [1.807, 2.05) is 0 Å². The summed E-state index contributed by atoms with van der Waals surface area (Å²) in [5.41, 5.74) is 1.42. The van der Waals surface area contributed by atoms with Gasteiger partial charge in [-0.2, -0.15) is 13.2 Å². The van der Waals surface area contributed by atoms with Crippen LogP contribution in [0.25, 0.3) is 0 Å². The van der Waals surface area contributed by atoms with Crippen molar-refractivity contribution in [1.82, 2.24) is 9.97 Å². The highest BCUT2D eigenvalue weighted by Gasteiger charge is 2.41. The van der Waals surface area contributed by atoms with Crippen LogP contribution in [0.2, 0.25) is 0 Å². The highest BCUT2D eigenvalue weighted by atomic mass is 19.4. The number of anilines is 1. The third-order valence-electron chi connectivity index (χ3n) is 3.52. The SMILES string of the molecule is FC(F)(F)C1CCc2nc(NC3CC3)ncc2C1. The van der Waals surface area contributed by atoms with Crippen LogP contribution >= 0.6 is 0 Å². The highest BCUT2D eigenvalue weighted by molar-refractivity contribution is 5.33. The summed E-state index contributed by atoms with van der Waals surface area (Å²) >= 11 is 0. The topological polar surface area (TPSA) is 37.8 Å². The second kappa shape index (κ2) is 4.10. The Labute approximate surface area is 103 Å². The molecule has 6 heteroatoms. The van der Waals surface area contributed by atoms with Crippen LogP contribution in [0.3, 0.4) is 0 Å². The number of aromatic nitrogens is 2. The minimum absolute atomic E-state index is 0.0164. The van der Waals surface area contributed by atoms with Crippen molar-refractivity contribution in [3.63, 3.8) is 0 Å². The maximum atomic E-state index is 12.6. The van der Waals surface area contributed by atoms with E-state index in [9.17, 15) is 13.2 Å². The lowest BCUT2D eigenvalue weighted by molar-refractivity contribution is -0.177. The molecular formula is C12H14F3N3. The van der Waals surface area contributed by atoms with Crippen molar-refractivity contribution in [3.8, 4) is 0 Å². The fourth-order valence-electron chi connectivity index (χ4n) is 2.27.